The van der Waals surface area contributed by atoms with Gasteiger partial charge in [-0.3, -0.25) is 4.79 Å². The molecule has 1 saturated carbocycles. The van der Waals surface area contributed by atoms with Crippen molar-refractivity contribution in [2.75, 3.05) is 13.1 Å². The fraction of sp³-hybridized carbons (Fsp3) is 0.562. The summed E-state index contributed by atoms with van der Waals surface area (Å²) in [5, 5.41) is 6.55. The Balaban J connectivity index is 0.00000161. The summed E-state index contributed by atoms with van der Waals surface area (Å²) in [5.41, 5.74) is 1.47. The number of amides is 1. The summed E-state index contributed by atoms with van der Waals surface area (Å²) in [7, 11) is 0. The van der Waals surface area contributed by atoms with Crippen LogP contribution in [0.15, 0.2) is 28.7 Å². The Morgan fingerprint density at radius 3 is 2.57 bits per heavy atom. The van der Waals surface area contributed by atoms with E-state index in [0.29, 0.717) is 5.41 Å². The first-order valence-corrected chi connectivity index (χ1v) is 8.17. The number of carbonyl (C=O) groups is 1. The van der Waals surface area contributed by atoms with Gasteiger partial charge in [0, 0.05) is 10.4 Å². The Kier molecular flexibility index (Phi) is 5.33. The molecule has 0 aromatic heterocycles. The van der Waals surface area contributed by atoms with Gasteiger partial charge in [-0.2, -0.15) is 0 Å². The minimum atomic E-state index is 0. The first-order valence-electron chi connectivity index (χ1n) is 7.37. The molecule has 2 atom stereocenters. The maximum absolute atomic E-state index is 12.4. The van der Waals surface area contributed by atoms with E-state index in [2.05, 4.69) is 45.6 Å². The van der Waals surface area contributed by atoms with Gasteiger partial charge < -0.3 is 10.6 Å². The molecule has 2 unspecified atom stereocenters. The van der Waals surface area contributed by atoms with Crippen LogP contribution in [0.2, 0.25) is 0 Å². The molecule has 21 heavy (non-hydrogen) atoms. The van der Waals surface area contributed by atoms with Gasteiger partial charge in [-0.1, -0.05) is 28.1 Å². The molecule has 2 fully saturated rings. The van der Waals surface area contributed by atoms with Crippen molar-refractivity contribution < 1.29 is 4.79 Å². The van der Waals surface area contributed by atoms with Crippen LogP contribution in [0.25, 0.3) is 0 Å². The van der Waals surface area contributed by atoms with Crippen molar-refractivity contribution in [3.05, 3.63) is 34.3 Å². The fourth-order valence-electron chi connectivity index (χ4n) is 3.34. The largest absolute Gasteiger partial charge is 0.349 e. The van der Waals surface area contributed by atoms with E-state index in [1.54, 1.807) is 0 Å². The molecule has 2 aliphatic rings. The molecule has 1 amide bonds. The maximum atomic E-state index is 12.4. The Morgan fingerprint density at radius 2 is 1.95 bits per heavy atom. The smallest absolute Gasteiger partial charge is 0.224 e. The van der Waals surface area contributed by atoms with E-state index in [1.807, 2.05) is 12.1 Å². The normalized spacial score (nSPS) is 24.0. The highest BCUT2D eigenvalue weighted by Gasteiger charge is 2.57. The van der Waals surface area contributed by atoms with Gasteiger partial charge in [0.25, 0.3) is 0 Å². The molecule has 0 bridgehead atoms. The Morgan fingerprint density at radius 1 is 1.33 bits per heavy atom. The number of nitrogens with one attached hydrogen (secondary N) is 2. The summed E-state index contributed by atoms with van der Waals surface area (Å²) in [6, 6.07) is 8.23. The number of piperidine rings is 1. The van der Waals surface area contributed by atoms with Gasteiger partial charge in [0.1, 0.15) is 0 Å². The summed E-state index contributed by atoms with van der Waals surface area (Å²) < 4.78 is 1.07. The number of hydrogen-bond acceptors (Lipinski definition) is 2. The van der Waals surface area contributed by atoms with Crippen LogP contribution >= 0.6 is 28.3 Å². The van der Waals surface area contributed by atoms with Crippen molar-refractivity contribution in [1.29, 1.82) is 0 Å². The predicted octanol–water partition coefficient (Wildman–Crippen LogP) is 3.44. The zero-order valence-electron chi connectivity index (χ0n) is 12.2. The first-order chi connectivity index (χ1) is 9.61. The van der Waals surface area contributed by atoms with Crippen molar-refractivity contribution >= 4 is 34.2 Å². The highest BCUT2D eigenvalue weighted by atomic mass is 79.9. The quantitative estimate of drug-likeness (QED) is 0.852. The topological polar surface area (TPSA) is 41.1 Å². The lowest BCUT2D eigenvalue weighted by Crippen LogP contribution is -2.34. The van der Waals surface area contributed by atoms with Crippen molar-refractivity contribution in [2.45, 2.75) is 32.2 Å². The SMILES string of the molecule is CC(NC(=O)C1CC12CCNCC2)c1ccc(Br)cc1.Cl. The summed E-state index contributed by atoms with van der Waals surface area (Å²) >= 11 is 3.43. The molecule has 116 valence electrons. The third kappa shape index (κ3) is 3.61. The van der Waals surface area contributed by atoms with Crippen LogP contribution in [0.4, 0.5) is 0 Å². The first kappa shape index (κ1) is 16.8. The molecule has 3 rings (SSSR count). The molecular weight excluding hydrogens is 352 g/mol. The minimum absolute atomic E-state index is 0. The molecular formula is C16H22BrClN2O. The second kappa shape index (κ2) is 6.67. The molecule has 1 aliphatic carbocycles. The maximum Gasteiger partial charge on any atom is 0.224 e. The van der Waals surface area contributed by atoms with E-state index >= 15 is 0 Å². The van der Waals surface area contributed by atoms with Gasteiger partial charge in [-0.25, -0.2) is 0 Å². The standard InChI is InChI=1S/C16H21BrN2O.ClH/c1-11(12-2-4-13(17)5-3-12)19-15(20)14-10-16(14)6-8-18-9-7-16;/h2-5,11,14,18H,6-10H2,1H3,(H,19,20);1H. The van der Waals surface area contributed by atoms with Crippen molar-refractivity contribution in [3.8, 4) is 0 Å². The van der Waals surface area contributed by atoms with E-state index in [-0.39, 0.29) is 30.3 Å². The third-order valence-electron chi connectivity index (χ3n) is 4.83. The molecule has 2 N–H and O–H groups in total. The monoisotopic (exact) mass is 372 g/mol. The van der Waals surface area contributed by atoms with Gasteiger partial charge in [0.2, 0.25) is 5.91 Å². The molecule has 1 saturated heterocycles. The van der Waals surface area contributed by atoms with E-state index in [9.17, 15) is 4.79 Å². The van der Waals surface area contributed by atoms with E-state index in [0.717, 1.165) is 42.4 Å². The summed E-state index contributed by atoms with van der Waals surface area (Å²) in [6.45, 7) is 4.18. The molecule has 1 aromatic rings. The lowest BCUT2D eigenvalue weighted by Gasteiger charge is -2.23. The summed E-state index contributed by atoms with van der Waals surface area (Å²) in [5.74, 6) is 0.477. The van der Waals surface area contributed by atoms with E-state index in [4.69, 9.17) is 0 Å². The second-order valence-corrected chi connectivity index (χ2v) is 7.07. The number of carbonyl (C=O) groups excluding carboxylic acids is 1. The zero-order valence-corrected chi connectivity index (χ0v) is 14.6. The van der Waals surface area contributed by atoms with E-state index < -0.39 is 0 Å². The highest BCUT2D eigenvalue weighted by molar-refractivity contribution is 9.10. The number of rotatable bonds is 3. The van der Waals surface area contributed by atoms with Crippen LogP contribution in [0.1, 0.15) is 37.8 Å². The third-order valence-corrected chi connectivity index (χ3v) is 5.36. The Hall–Kier alpha value is -0.580. The Labute approximate surface area is 140 Å². The number of hydrogen-bond donors (Lipinski definition) is 2. The van der Waals surface area contributed by atoms with Crippen molar-refractivity contribution in [2.24, 2.45) is 11.3 Å². The van der Waals surface area contributed by atoms with Gasteiger partial charge in [0.05, 0.1) is 6.04 Å². The van der Waals surface area contributed by atoms with Crippen LogP contribution in [0, 0.1) is 11.3 Å². The van der Waals surface area contributed by atoms with Crippen LogP contribution in [0.5, 0.6) is 0 Å². The predicted molar refractivity (Wildman–Crippen MR) is 90.6 cm³/mol. The lowest BCUT2D eigenvalue weighted by atomic mass is 9.91. The molecule has 1 spiro atoms. The van der Waals surface area contributed by atoms with Crippen molar-refractivity contribution in [3.63, 3.8) is 0 Å². The van der Waals surface area contributed by atoms with Crippen LogP contribution in [-0.4, -0.2) is 19.0 Å². The highest BCUT2D eigenvalue weighted by Crippen LogP contribution is 2.58. The lowest BCUT2D eigenvalue weighted by molar-refractivity contribution is -0.123. The average molecular weight is 374 g/mol. The van der Waals surface area contributed by atoms with Crippen LogP contribution in [-0.2, 0) is 4.79 Å². The number of halogens is 2. The van der Waals surface area contributed by atoms with Crippen LogP contribution in [0.3, 0.4) is 0 Å². The van der Waals surface area contributed by atoms with Gasteiger partial charge in [0.15, 0.2) is 0 Å². The van der Waals surface area contributed by atoms with E-state index in [1.165, 1.54) is 0 Å². The summed E-state index contributed by atoms with van der Waals surface area (Å²) in [4.78, 5) is 12.4. The molecule has 1 heterocycles. The second-order valence-electron chi connectivity index (χ2n) is 6.15. The molecule has 3 nitrogen and oxygen atoms in total. The fourth-order valence-corrected chi connectivity index (χ4v) is 3.61. The van der Waals surface area contributed by atoms with Crippen molar-refractivity contribution in [1.82, 2.24) is 10.6 Å². The molecule has 1 aliphatic heterocycles. The number of benzene rings is 1. The molecule has 1 aromatic carbocycles. The summed E-state index contributed by atoms with van der Waals surface area (Å²) in [6.07, 6.45) is 3.38. The zero-order chi connectivity index (χ0) is 14.2. The minimum Gasteiger partial charge on any atom is -0.349 e. The van der Waals surface area contributed by atoms with Gasteiger partial charge >= 0.3 is 0 Å². The average Bonchev–Trinajstić information content (AvgIpc) is 3.14. The Bertz CT molecular complexity index is 500. The van der Waals surface area contributed by atoms with Crippen LogP contribution < -0.4 is 10.6 Å². The molecule has 0 radical (unpaired) electrons. The van der Waals surface area contributed by atoms with Gasteiger partial charge in [-0.05, 0) is 62.4 Å². The van der Waals surface area contributed by atoms with Gasteiger partial charge in [-0.15, -0.1) is 12.4 Å². The molecule has 5 heteroatoms.